The molecule has 4 heteroatoms. The topological polar surface area (TPSA) is 29.3 Å². The normalized spacial score (nSPS) is 45.1. The van der Waals surface area contributed by atoms with E-state index in [1.54, 1.807) is 7.11 Å². The highest BCUT2D eigenvalue weighted by atomic mass is 32.2. The Bertz CT molecular complexity index is 632. The molecule has 0 radical (unpaired) electrons. The Morgan fingerprint density at radius 3 is 2.57 bits per heavy atom. The molecule has 3 fully saturated rings. The lowest BCUT2D eigenvalue weighted by Crippen LogP contribution is -2.44. The highest BCUT2D eigenvalue weighted by Gasteiger charge is 2.69. The maximum atomic E-state index is 13.3. The number of fused-ring (bicyclic) bond motifs is 2. The number of rotatable bonds is 4. The van der Waals surface area contributed by atoms with Gasteiger partial charge in [0.25, 0.3) is 0 Å². The van der Waals surface area contributed by atoms with Gasteiger partial charge >= 0.3 is 0 Å². The Labute approximate surface area is 142 Å². The van der Waals surface area contributed by atoms with Gasteiger partial charge in [-0.1, -0.05) is 51.1 Å². The van der Waals surface area contributed by atoms with Crippen LogP contribution in [0.5, 0.6) is 0 Å². The van der Waals surface area contributed by atoms with E-state index < -0.39 is 11.0 Å². The summed E-state index contributed by atoms with van der Waals surface area (Å²) in [6.07, 6.45) is 2.48. The van der Waals surface area contributed by atoms with Crippen LogP contribution in [0.25, 0.3) is 0 Å². The van der Waals surface area contributed by atoms with Gasteiger partial charge in [-0.25, -0.2) is 8.51 Å². The van der Waals surface area contributed by atoms with Gasteiger partial charge in [-0.15, -0.1) is 0 Å². The number of hydrogen-bond acceptors (Lipinski definition) is 2. The maximum absolute atomic E-state index is 13.3. The maximum Gasteiger partial charge on any atom is 0.101 e. The van der Waals surface area contributed by atoms with E-state index in [2.05, 4.69) is 49.3 Å². The van der Waals surface area contributed by atoms with Gasteiger partial charge < -0.3 is 4.74 Å². The first-order chi connectivity index (χ1) is 10.9. The lowest BCUT2D eigenvalue weighted by atomic mass is 9.70. The van der Waals surface area contributed by atoms with E-state index in [0.717, 1.165) is 6.54 Å². The van der Waals surface area contributed by atoms with E-state index in [-0.39, 0.29) is 22.2 Å². The quantitative estimate of drug-likeness (QED) is 0.789. The van der Waals surface area contributed by atoms with Crippen LogP contribution in [0.4, 0.5) is 0 Å². The lowest BCUT2D eigenvalue weighted by molar-refractivity contribution is -0.0183. The number of methoxy groups -OCH3 is 1. The van der Waals surface area contributed by atoms with Gasteiger partial charge in [0.2, 0.25) is 0 Å². The van der Waals surface area contributed by atoms with Crippen molar-refractivity contribution in [3.05, 3.63) is 35.9 Å². The van der Waals surface area contributed by atoms with Crippen molar-refractivity contribution >= 4 is 11.0 Å². The van der Waals surface area contributed by atoms with E-state index in [4.69, 9.17) is 4.74 Å². The Morgan fingerprint density at radius 2 is 1.91 bits per heavy atom. The lowest BCUT2D eigenvalue weighted by Gasteiger charge is -2.39. The molecule has 126 valence electrons. The molecule has 1 aromatic carbocycles. The van der Waals surface area contributed by atoms with E-state index >= 15 is 0 Å². The summed E-state index contributed by atoms with van der Waals surface area (Å²) in [6.45, 7) is 7.96. The van der Waals surface area contributed by atoms with Crippen LogP contribution in [0, 0.1) is 16.7 Å². The van der Waals surface area contributed by atoms with Gasteiger partial charge in [-0.3, -0.25) is 0 Å². The first kappa shape index (κ1) is 15.8. The van der Waals surface area contributed by atoms with Crippen LogP contribution in [0.1, 0.15) is 45.2 Å². The third-order valence-electron chi connectivity index (χ3n) is 7.17. The number of nitrogens with zero attached hydrogens (tertiary/aromatic N) is 1. The van der Waals surface area contributed by atoms with Gasteiger partial charge in [0.1, 0.15) is 11.0 Å². The Morgan fingerprint density at radius 1 is 1.22 bits per heavy atom. The average Bonchev–Trinajstić information content (AvgIpc) is 3.28. The fraction of sp³-hybridized carbons (Fsp3) is 0.684. The van der Waals surface area contributed by atoms with Crippen molar-refractivity contribution in [3.8, 4) is 0 Å². The molecule has 7 atom stereocenters. The van der Waals surface area contributed by atoms with Crippen LogP contribution < -0.4 is 0 Å². The standard InChI is InChI=1S/C19H27NO2S/c1-18(2)14-10-11-19(18,3)17(22-4)16(14)23(21)20-12-15(20)13-8-6-5-7-9-13/h5-9,14-17H,10-12H2,1-4H3/t14-,15+,16-,17-,19+,20?,23?/m1/s1. The SMILES string of the molecule is CO[C@@H]1[C@H](S(=O)N2C[C@H]2c2ccccc2)[C@H]2CC[C@]1(C)C2(C)C. The Balaban J connectivity index is 1.58. The van der Waals surface area contributed by atoms with Gasteiger partial charge in [-0.05, 0) is 29.7 Å². The van der Waals surface area contributed by atoms with Gasteiger partial charge in [0.05, 0.1) is 17.4 Å². The molecule has 1 saturated heterocycles. The molecule has 0 spiro atoms. The third-order valence-corrected chi connectivity index (χ3v) is 9.07. The summed E-state index contributed by atoms with van der Waals surface area (Å²) < 4.78 is 21.4. The zero-order valence-electron chi connectivity index (χ0n) is 14.5. The molecule has 2 saturated carbocycles. The van der Waals surface area contributed by atoms with Gasteiger partial charge in [-0.2, -0.15) is 0 Å². The molecular weight excluding hydrogens is 306 g/mol. The van der Waals surface area contributed by atoms with Crippen LogP contribution in [-0.4, -0.2) is 33.5 Å². The molecule has 4 rings (SSSR count). The van der Waals surface area contributed by atoms with E-state index in [0.29, 0.717) is 12.0 Å². The minimum absolute atomic E-state index is 0.106. The summed E-state index contributed by atoms with van der Waals surface area (Å²) in [7, 11) is 0.839. The number of benzene rings is 1. The third kappa shape index (κ3) is 2.04. The van der Waals surface area contributed by atoms with Crippen molar-refractivity contribution < 1.29 is 8.95 Å². The number of hydrogen-bond donors (Lipinski definition) is 0. The minimum atomic E-state index is -0.960. The first-order valence-corrected chi connectivity index (χ1v) is 9.84. The van der Waals surface area contributed by atoms with Crippen molar-refractivity contribution in [1.29, 1.82) is 0 Å². The molecule has 23 heavy (non-hydrogen) atoms. The zero-order chi connectivity index (χ0) is 16.4. The van der Waals surface area contributed by atoms with Crippen molar-refractivity contribution in [1.82, 2.24) is 4.31 Å². The van der Waals surface area contributed by atoms with Crippen LogP contribution in [0.3, 0.4) is 0 Å². The molecule has 2 bridgehead atoms. The minimum Gasteiger partial charge on any atom is -0.380 e. The molecule has 1 aromatic rings. The molecule has 2 unspecified atom stereocenters. The van der Waals surface area contributed by atoms with E-state index in [1.807, 2.05) is 6.07 Å². The summed E-state index contributed by atoms with van der Waals surface area (Å²) in [4.78, 5) is 0. The number of ether oxygens (including phenoxy) is 1. The zero-order valence-corrected chi connectivity index (χ0v) is 15.3. The van der Waals surface area contributed by atoms with E-state index in [9.17, 15) is 4.21 Å². The second-order valence-corrected chi connectivity index (χ2v) is 9.77. The Hall–Kier alpha value is -0.710. The predicted molar refractivity (Wildman–Crippen MR) is 93.2 cm³/mol. The fourth-order valence-electron chi connectivity index (χ4n) is 5.29. The summed E-state index contributed by atoms with van der Waals surface area (Å²) in [5.41, 5.74) is 1.63. The second-order valence-electron chi connectivity index (χ2n) is 8.21. The molecule has 3 aliphatic rings. The molecule has 1 heterocycles. The molecule has 0 amide bonds. The molecule has 0 N–H and O–H groups in total. The molecule has 0 aromatic heterocycles. The van der Waals surface area contributed by atoms with E-state index in [1.165, 1.54) is 18.4 Å². The van der Waals surface area contributed by atoms with Crippen LogP contribution in [0.2, 0.25) is 0 Å². The largest absolute Gasteiger partial charge is 0.380 e. The van der Waals surface area contributed by atoms with Gasteiger partial charge in [0, 0.05) is 19.1 Å². The fourth-order valence-corrected chi connectivity index (χ4v) is 7.64. The monoisotopic (exact) mass is 333 g/mol. The van der Waals surface area contributed by atoms with Crippen molar-refractivity contribution in [2.75, 3.05) is 13.7 Å². The highest BCUT2D eigenvalue weighted by molar-refractivity contribution is 7.83. The van der Waals surface area contributed by atoms with Crippen molar-refractivity contribution in [2.24, 2.45) is 16.7 Å². The highest BCUT2D eigenvalue weighted by Crippen LogP contribution is 2.67. The van der Waals surface area contributed by atoms with Crippen LogP contribution in [-0.2, 0) is 15.7 Å². The summed E-state index contributed by atoms with van der Waals surface area (Å²) in [5, 5.41) is 0.141. The summed E-state index contributed by atoms with van der Waals surface area (Å²) >= 11 is 0. The molecular formula is C19H27NO2S. The smallest absolute Gasteiger partial charge is 0.101 e. The molecule has 1 aliphatic heterocycles. The van der Waals surface area contributed by atoms with Crippen molar-refractivity contribution in [2.45, 2.75) is 51.0 Å². The molecule has 2 aliphatic carbocycles. The Kier molecular flexibility index (Phi) is 3.53. The summed E-state index contributed by atoms with van der Waals surface area (Å²) in [6, 6.07) is 10.8. The molecule has 3 nitrogen and oxygen atoms in total. The van der Waals surface area contributed by atoms with Crippen LogP contribution >= 0.6 is 0 Å². The van der Waals surface area contributed by atoms with Crippen molar-refractivity contribution in [3.63, 3.8) is 0 Å². The average molecular weight is 333 g/mol. The van der Waals surface area contributed by atoms with Gasteiger partial charge in [0.15, 0.2) is 0 Å². The predicted octanol–water partition coefficient (Wildman–Crippen LogP) is 3.55. The second kappa shape index (κ2) is 5.14. The first-order valence-electron chi connectivity index (χ1n) is 8.67. The summed E-state index contributed by atoms with van der Waals surface area (Å²) in [5.74, 6) is 0.496. The van der Waals surface area contributed by atoms with Crippen LogP contribution in [0.15, 0.2) is 30.3 Å².